The zero-order valence-electron chi connectivity index (χ0n) is 9.70. The van der Waals surface area contributed by atoms with E-state index in [9.17, 15) is 10.1 Å². The maximum absolute atomic E-state index is 10.7. The van der Waals surface area contributed by atoms with E-state index in [2.05, 4.69) is 15.5 Å². The molecule has 0 radical (unpaired) electrons. The van der Waals surface area contributed by atoms with Crippen LogP contribution in [0, 0.1) is 17.0 Å². The molecule has 0 atom stereocenters. The summed E-state index contributed by atoms with van der Waals surface area (Å²) in [5.41, 5.74) is 3.67. The summed E-state index contributed by atoms with van der Waals surface area (Å²) in [6, 6.07) is 5.31. The minimum absolute atomic E-state index is 0.136. The normalized spacial score (nSPS) is 10.3. The van der Waals surface area contributed by atoms with E-state index in [0.717, 1.165) is 0 Å². The maximum Gasteiger partial charge on any atom is 0.392 e. The van der Waals surface area contributed by atoms with Gasteiger partial charge in [-0.25, -0.2) is 10.8 Å². The van der Waals surface area contributed by atoms with Crippen LogP contribution in [0.2, 0.25) is 0 Å². The first-order valence-corrected chi connectivity index (χ1v) is 5.21. The van der Waals surface area contributed by atoms with Crippen LogP contribution in [0.3, 0.4) is 0 Å². The Morgan fingerprint density at radius 2 is 2.33 bits per heavy atom. The summed E-state index contributed by atoms with van der Waals surface area (Å²) >= 11 is 0. The van der Waals surface area contributed by atoms with Gasteiger partial charge in [-0.15, -0.1) is 0 Å². The lowest BCUT2D eigenvalue weighted by Gasteiger charge is -2.01. The zero-order valence-corrected chi connectivity index (χ0v) is 9.70. The van der Waals surface area contributed by atoms with Crippen molar-refractivity contribution in [2.45, 2.75) is 13.5 Å². The number of rotatable bonds is 4. The number of hydrogen-bond acceptors (Lipinski definition) is 6. The number of anilines is 1. The Labute approximate surface area is 103 Å². The molecule has 2 aromatic heterocycles. The summed E-state index contributed by atoms with van der Waals surface area (Å²) in [5, 5.41) is 14.6. The third-order valence-corrected chi connectivity index (χ3v) is 2.37. The predicted molar refractivity (Wildman–Crippen MR) is 64.8 cm³/mol. The van der Waals surface area contributed by atoms with E-state index >= 15 is 0 Å². The number of hydrogen-bond donors (Lipinski definition) is 2. The van der Waals surface area contributed by atoms with Gasteiger partial charge in [0.05, 0.1) is 22.6 Å². The summed E-state index contributed by atoms with van der Waals surface area (Å²) in [6.07, 6.45) is 1.61. The van der Waals surface area contributed by atoms with Crippen LogP contribution in [-0.2, 0) is 6.54 Å². The molecule has 0 amide bonds. The number of nitrogens with one attached hydrogen (secondary N) is 1. The van der Waals surface area contributed by atoms with Gasteiger partial charge >= 0.3 is 5.82 Å². The summed E-state index contributed by atoms with van der Waals surface area (Å²) in [7, 11) is 0. The largest absolute Gasteiger partial charge is 0.392 e. The topological polar surface area (TPSA) is 112 Å². The van der Waals surface area contributed by atoms with Crippen LogP contribution >= 0.6 is 0 Å². The average Bonchev–Trinajstić information content (AvgIpc) is 2.70. The molecule has 3 N–H and O–H groups in total. The van der Waals surface area contributed by atoms with E-state index in [4.69, 9.17) is 5.84 Å². The highest BCUT2D eigenvalue weighted by Crippen LogP contribution is 2.15. The fourth-order valence-corrected chi connectivity index (χ4v) is 1.59. The molecule has 0 aromatic carbocycles. The van der Waals surface area contributed by atoms with E-state index in [1.165, 1.54) is 4.68 Å². The molecular formula is C10H12N6O2. The molecule has 0 aliphatic carbocycles. The molecule has 0 saturated carbocycles. The first-order chi connectivity index (χ1) is 8.60. The second-order valence-electron chi connectivity index (χ2n) is 3.75. The SMILES string of the molecule is Cc1cn(Cc2cccc(NN)n2)nc1[N+](=O)[O-]. The Hall–Kier alpha value is -2.48. The van der Waals surface area contributed by atoms with Crippen molar-refractivity contribution in [1.29, 1.82) is 0 Å². The minimum atomic E-state index is -0.503. The molecule has 8 nitrogen and oxygen atoms in total. The fourth-order valence-electron chi connectivity index (χ4n) is 1.59. The average molecular weight is 248 g/mol. The fraction of sp³-hybridized carbons (Fsp3) is 0.200. The van der Waals surface area contributed by atoms with Crippen molar-refractivity contribution in [2.75, 3.05) is 5.43 Å². The van der Waals surface area contributed by atoms with E-state index in [1.54, 1.807) is 31.3 Å². The molecular weight excluding hydrogens is 236 g/mol. The predicted octanol–water partition coefficient (Wildman–Crippen LogP) is 0.829. The highest BCUT2D eigenvalue weighted by atomic mass is 16.6. The molecule has 0 aliphatic rings. The van der Waals surface area contributed by atoms with Crippen molar-refractivity contribution in [2.24, 2.45) is 5.84 Å². The van der Waals surface area contributed by atoms with Crippen molar-refractivity contribution >= 4 is 11.6 Å². The number of nitrogen functional groups attached to an aromatic ring is 1. The van der Waals surface area contributed by atoms with E-state index < -0.39 is 4.92 Å². The van der Waals surface area contributed by atoms with Crippen LogP contribution in [0.25, 0.3) is 0 Å². The molecule has 0 unspecified atom stereocenters. The second kappa shape index (κ2) is 4.80. The van der Waals surface area contributed by atoms with Crippen LogP contribution in [0.4, 0.5) is 11.6 Å². The lowest BCUT2D eigenvalue weighted by molar-refractivity contribution is -0.390. The van der Waals surface area contributed by atoms with Gasteiger partial charge in [0.2, 0.25) is 0 Å². The maximum atomic E-state index is 10.7. The number of nitrogens with two attached hydrogens (primary N) is 1. The Morgan fingerprint density at radius 1 is 1.56 bits per heavy atom. The first kappa shape index (κ1) is 12.0. The van der Waals surface area contributed by atoms with Crippen LogP contribution < -0.4 is 11.3 Å². The van der Waals surface area contributed by atoms with E-state index in [1.807, 2.05) is 0 Å². The van der Waals surface area contributed by atoms with Crippen molar-refractivity contribution in [3.8, 4) is 0 Å². The molecule has 2 rings (SSSR count). The minimum Gasteiger partial charge on any atom is -0.358 e. The number of aromatic nitrogens is 3. The van der Waals surface area contributed by atoms with Gasteiger partial charge in [-0.05, 0) is 24.0 Å². The van der Waals surface area contributed by atoms with Gasteiger partial charge in [0.25, 0.3) is 0 Å². The van der Waals surface area contributed by atoms with Gasteiger partial charge in [-0.1, -0.05) is 6.07 Å². The molecule has 94 valence electrons. The highest BCUT2D eigenvalue weighted by Gasteiger charge is 2.17. The smallest absolute Gasteiger partial charge is 0.358 e. The molecule has 0 spiro atoms. The summed E-state index contributed by atoms with van der Waals surface area (Å²) < 4.78 is 1.48. The van der Waals surface area contributed by atoms with E-state index in [-0.39, 0.29) is 5.82 Å². The van der Waals surface area contributed by atoms with Gasteiger partial charge in [-0.2, -0.15) is 4.68 Å². The molecule has 0 aliphatic heterocycles. The number of hydrazine groups is 1. The summed E-state index contributed by atoms with van der Waals surface area (Å²) in [4.78, 5) is 14.4. The van der Waals surface area contributed by atoms with Crippen LogP contribution in [0.5, 0.6) is 0 Å². The van der Waals surface area contributed by atoms with Crippen LogP contribution in [0.15, 0.2) is 24.4 Å². The number of pyridine rings is 1. The molecule has 0 saturated heterocycles. The molecule has 0 bridgehead atoms. The Kier molecular flexibility index (Phi) is 3.20. The Morgan fingerprint density at radius 3 is 2.94 bits per heavy atom. The Balaban J connectivity index is 2.23. The molecule has 18 heavy (non-hydrogen) atoms. The first-order valence-electron chi connectivity index (χ1n) is 5.21. The quantitative estimate of drug-likeness (QED) is 0.470. The van der Waals surface area contributed by atoms with Crippen molar-refractivity contribution in [3.63, 3.8) is 0 Å². The molecule has 2 heterocycles. The van der Waals surface area contributed by atoms with Gasteiger partial charge in [-0.3, -0.25) is 0 Å². The monoisotopic (exact) mass is 248 g/mol. The number of nitro groups is 1. The molecule has 8 heteroatoms. The summed E-state index contributed by atoms with van der Waals surface area (Å²) in [5.74, 6) is 5.65. The third kappa shape index (κ3) is 2.43. The van der Waals surface area contributed by atoms with Crippen LogP contribution in [-0.4, -0.2) is 19.7 Å². The molecule has 2 aromatic rings. The Bertz CT molecular complexity index is 579. The molecule has 0 fully saturated rings. The van der Waals surface area contributed by atoms with Gasteiger partial charge in [0, 0.05) is 0 Å². The summed E-state index contributed by atoms with van der Waals surface area (Å²) in [6.45, 7) is 2.00. The highest BCUT2D eigenvalue weighted by molar-refractivity contribution is 5.34. The van der Waals surface area contributed by atoms with E-state index in [0.29, 0.717) is 23.6 Å². The lowest BCUT2D eigenvalue weighted by atomic mass is 10.3. The number of aryl methyl sites for hydroxylation is 1. The van der Waals surface area contributed by atoms with Gasteiger partial charge in [0.15, 0.2) is 0 Å². The van der Waals surface area contributed by atoms with Gasteiger partial charge < -0.3 is 15.5 Å². The number of nitrogens with zero attached hydrogens (tertiary/aromatic N) is 4. The second-order valence-corrected chi connectivity index (χ2v) is 3.75. The standard InChI is InChI=1S/C10H12N6O2/c1-7-5-15(14-10(7)16(17)18)6-8-3-2-4-9(12-8)13-11/h2-5H,6,11H2,1H3,(H,12,13). The van der Waals surface area contributed by atoms with Crippen LogP contribution in [0.1, 0.15) is 11.3 Å². The van der Waals surface area contributed by atoms with Gasteiger partial charge in [0.1, 0.15) is 12.4 Å². The lowest BCUT2D eigenvalue weighted by Crippen LogP contribution is -2.10. The third-order valence-electron chi connectivity index (χ3n) is 2.37. The van der Waals surface area contributed by atoms with Crippen molar-refractivity contribution < 1.29 is 4.92 Å². The zero-order chi connectivity index (χ0) is 13.1. The van der Waals surface area contributed by atoms with Crippen molar-refractivity contribution in [3.05, 3.63) is 45.8 Å². The van der Waals surface area contributed by atoms with Crippen molar-refractivity contribution in [1.82, 2.24) is 14.8 Å².